The van der Waals surface area contributed by atoms with E-state index in [-0.39, 0.29) is 5.04 Å². The number of hydrogen-bond acceptors (Lipinski definition) is 2. The summed E-state index contributed by atoms with van der Waals surface area (Å²) in [5.41, 5.74) is 2.21. The Labute approximate surface area is 180 Å². The van der Waals surface area contributed by atoms with Crippen LogP contribution in [0.25, 0.3) is 0 Å². The summed E-state index contributed by atoms with van der Waals surface area (Å²) in [5.74, 6) is 2.84. The molecule has 3 heteroatoms. The molecule has 4 aliphatic carbocycles. The lowest BCUT2D eigenvalue weighted by molar-refractivity contribution is -0.118. The number of ketones is 1. The summed E-state index contributed by atoms with van der Waals surface area (Å²) in [6, 6.07) is 0. The molecular formula is C26H44O2Si. The van der Waals surface area contributed by atoms with Gasteiger partial charge in [-0.3, -0.25) is 4.79 Å². The molecule has 3 fully saturated rings. The minimum atomic E-state index is -1.74. The lowest BCUT2D eigenvalue weighted by atomic mass is 9.46. The first kappa shape index (κ1) is 21.8. The maximum absolute atomic E-state index is 12.1. The number of hydrogen-bond donors (Lipinski definition) is 0. The van der Waals surface area contributed by atoms with Gasteiger partial charge in [-0.1, -0.05) is 40.2 Å². The van der Waals surface area contributed by atoms with Crippen LogP contribution in [-0.2, 0) is 9.22 Å². The van der Waals surface area contributed by atoms with Crippen molar-refractivity contribution in [2.24, 2.45) is 28.6 Å². The summed E-state index contributed by atoms with van der Waals surface area (Å²) in [6.07, 6.45) is 13.4. The molecule has 29 heavy (non-hydrogen) atoms. The predicted octanol–water partition coefficient (Wildman–Crippen LogP) is 7.30. The van der Waals surface area contributed by atoms with Gasteiger partial charge in [0.2, 0.25) is 0 Å². The number of fused-ring (bicyclic) bond motifs is 5. The van der Waals surface area contributed by atoms with Gasteiger partial charge in [0.05, 0.1) is 6.10 Å². The lowest BCUT2D eigenvalue weighted by Crippen LogP contribution is -2.54. The Morgan fingerprint density at radius 2 is 1.79 bits per heavy atom. The van der Waals surface area contributed by atoms with Crippen molar-refractivity contribution in [3.8, 4) is 0 Å². The Morgan fingerprint density at radius 1 is 1.07 bits per heavy atom. The van der Waals surface area contributed by atoms with E-state index in [1.54, 1.807) is 0 Å². The monoisotopic (exact) mass is 416 g/mol. The highest BCUT2D eigenvalue weighted by Gasteiger charge is 2.60. The zero-order valence-corrected chi connectivity index (χ0v) is 21.1. The Kier molecular flexibility index (Phi) is 5.30. The zero-order chi connectivity index (χ0) is 21.2. The number of carbonyl (C=O) groups excluding carboxylic acids is 1. The Bertz CT molecular complexity index is 702. The van der Waals surface area contributed by atoms with Crippen LogP contribution < -0.4 is 0 Å². The summed E-state index contributed by atoms with van der Waals surface area (Å²) in [6.45, 7) is 16.9. The van der Waals surface area contributed by atoms with Crippen molar-refractivity contribution in [3.05, 3.63) is 11.6 Å². The molecule has 4 rings (SSSR count). The molecule has 4 aliphatic rings. The van der Waals surface area contributed by atoms with Crippen LogP contribution in [0.5, 0.6) is 0 Å². The second-order valence-corrected chi connectivity index (χ2v) is 17.3. The van der Waals surface area contributed by atoms with Gasteiger partial charge in [0, 0.05) is 6.42 Å². The Morgan fingerprint density at radius 3 is 2.45 bits per heavy atom. The fourth-order valence-corrected chi connectivity index (χ4v) is 9.16. The van der Waals surface area contributed by atoms with Crippen LogP contribution in [0.2, 0.25) is 18.1 Å². The topological polar surface area (TPSA) is 26.3 Å². The smallest absolute Gasteiger partial charge is 0.192 e. The summed E-state index contributed by atoms with van der Waals surface area (Å²) in [5, 5.41) is 0.282. The minimum Gasteiger partial charge on any atom is -0.413 e. The molecule has 2 nitrogen and oxygen atoms in total. The number of allylic oxidation sites excluding steroid dienone is 1. The van der Waals surface area contributed by atoms with Gasteiger partial charge in [-0.05, 0) is 104 Å². The standard InChI is InChI=1S/C26H44O2Si/c1-8-26-16-13-19(27)17-18(26)9-10-20-21-11-12-23(25(21,5)15-14-22(20)26)28-29(6,7)24(2,3)4/h17,20-23H,8-16H2,1-7H3/t20?,21?,22?,23-,25-,26-/m0/s1. The van der Waals surface area contributed by atoms with E-state index in [9.17, 15) is 4.79 Å². The SMILES string of the molecule is CC[C@]12CCC(=O)C=C1CCC1C2CC[C@@]2(C)C1CC[C@@H]2O[Si](C)(C)C(C)(C)C. The molecule has 0 N–H and O–H groups in total. The molecule has 0 saturated heterocycles. The van der Waals surface area contributed by atoms with Crippen LogP contribution in [0.1, 0.15) is 92.4 Å². The maximum Gasteiger partial charge on any atom is 0.192 e. The first-order valence-corrected chi connectivity index (χ1v) is 15.3. The summed E-state index contributed by atoms with van der Waals surface area (Å²) in [4.78, 5) is 12.1. The Hall–Kier alpha value is -0.413. The van der Waals surface area contributed by atoms with Crippen LogP contribution in [0.4, 0.5) is 0 Å². The van der Waals surface area contributed by atoms with E-state index < -0.39 is 8.32 Å². The first-order valence-electron chi connectivity index (χ1n) is 12.4. The highest BCUT2D eigenvalue weighted by atomic mass is 28.4. The van der Waals surface area contributed by atoms with E-state index in [2.05, 4.69) is 53.8 Å². The highest BCUT2D eigenvalue weighted by Crippen LogP contribution is 2.66. The molecule has 0 bridgehead atoms. The van der Waals surface area contributed by atoms with Gasteiger partial charge in [0.25, 0.3) is 0 Å². The molecule has 0 spiro atoms. The second-order valence-electron chi connectivity index (χ2n) is 12.5. The van der Waals surface area contributed by atoms with Crippen molar-refractivity contribution in [2.75, 3.05) is 0 Å². The lowest BCUT2D eigenvalue weighted by Gasteiger charge is -2.59. The fourth-order valence-electron chi connectivity index (χ4n) is 7.70. The quantitative estimate of drug-likeness (QED) is 0.451. The third kappa shape index (κ3) is 3.25. The van der Waals surface area contributed by atoms with Crippen LogP contribution in [0.3, 0.4) is 0 Å². The normalized spacial score (nSPS) is 42.7. The summed E-state index contributed by atoms with van der Waals surface area (Å²) >= 11 is 0. The van der Waals surface area contributed by atoms with E-state index in [0.29, 0.717) is 22.7 Å². The van der Waals surface area contributed by atoms with E-state index in [1.165, 1.54) is 50.5 Å². The molecule has 3 saturated carbocycles. The van der Waals surface area contributed by atoms with E-state index >= 15 is 0 Å². The van der Waals surface area contributed by atoms with Crippen molar-refractivity contribution >= 4 is 14.1 Å². The molecule has 0 aromatic heterocycles. The van der Waals surface area contributed by atoms with Gasteiger partial charge in [-0.25, -0.2) is 0 Å². The van der Waals surface area contributed by atoms with Crippen molar-refractivity contribution < 1.29 is 9.22 Å². The highest BCUT2D eigenvalue weighted by molar-refractivity contribution is 6.74. The zero-order valence-electron chi connectivity index (χ0n) is 20.1. The molecule has 0 radical (unpaired) electrons. The average Bonchev–Trinajstić information content (AvgIpc) is 2.96. The van der Waals surface area contributed by atoms with Crippen LogP contribution in [0, 0.1) is 28.6 Å². The van der Waals surface area contributed by atoms with Gasteiger partial charge >= 0.3 is 0 Å². The van der Waals surface area contributed by atoms with Crippen LogP contribution in [0.15, 0.2) is 11.6 Å². The van der Waals surface area contributed by atoms with Gasteiger partial charge in [-0.15, -0.1) is 0 Å². The summed E-state index contributed by atoms with van der Waals surface area (Å²) < 4.78 is 7.07. The predicted molar refractivity (Wildman–Crippen MR) is 123 cm³/mol. The molecule has 164 valence electrons. The molecule has 0 aliphatic heterocycles. The average molecular weight is 417 g/mol. The maximum atomic E-state index is 12.1. The second kappa shape index (κ2) is 7.05. The first-order chi connectivity index (χ1) is 13.4. The van der Waals surface area contributed by atoms with E-state index in [1.807, 2.05) is 0 Å². The van der Waals surface area contributed by atoms with Crippen molar-refractivity contribution in [3.63, 3.8) is 0 Å². The summed E-state index contributed by atoms with van der Waals surface area (Å²) in [7, 11) is -1.74. The Balaban J connectivity index is 1.60. The van der Waals surface area contributed by atoms with Crippen molar-refractivity contribution in [1.29, 1.82) is 0 Å². The third-order valence-electron chi connectivity index (χ3n) is 10.5. The molecular weight excluding hydrogens is 372 g/mol. The minimum absolute atomic E-state index is 0.282. The van der Waals surface area contributed by atoms with Gasteiger partial charge in [-0.2, -0.15) is 0 Å². The van der Waals surface area contributed by atoms with Crippen LogP contribution >= 0.6 is 0 Å². The van der Waals surface area contributed by atoms with Gasteiger partial charge in [0.15, 0.2) is 14.1 Å². The molecule has 0 amide bonds. The van der Waals surface area contributed by atoms with Gasteiger partial charge < -0.3 is 4.43 Å². The molecule has 0 heterocycles. The molecule has 3 unspecified atom stereocenters. The number of carbonyl (C=O) groups is 1. The van der Waals surface area contributed by atoms with E-state index in [0.717, 1.165) is 30.6 Å². The molecule has 0 aromatic carbocycles. The largest absolute Gasteiger partial charge is 0.413 e. The van der Waals surface area contributed by atoms with Crippen molar-refractivity contribution in [2.45, 2.75) is 117 Å². The third-order valence-corrected chi connectivity index (χ3v) is 15.0. The molecule has 6 atom stereocenters. The fraction of sp³-hybridized carbons (Fsp3) is 0.885. The molecule has 0 aromatic rings. The number of rotatable bonds is 3. The van der Waals surface area contributed by atoms with Crippen molar-refractivity contribution in [1.82, 2.24) is 0 Å². The van der Waals surface area contributed by atoms with E-state index in [4.69, 9.17) is 4.43 Å². The van der Waals surface area contributed by atoms with Gasteiger partial charge in [0.1, 0.15) is 0 Å². The van der Waals surface area contributed by atoms with Crippen LogP contribution in [-0.4, -0.2) is 20.2 Å².